The van der Waals surface area contributed by atoms with Crippen molar-refractivity contribution in [3.05, 3.63) is 29.3 Å². The van der Waals surface area contributed by atoms with Crippen molar-refractivity contribution in [3.8, 4) is 0 Å². The molecule has 0 aliphatic heterocycles. The van der Waals surface area contributed by atoms with Crippen LogP contribution < -0.4 is 4.72 Å². The molecule has 1 aromatic rings. The molecule has 0 spiro atoms. The van der Waals surface area contributed by atoms with Gasteiger partial charge in [-0.2, -0.15) is 0 Å². The van der Waals surface area contributed by atoms with Crippen LogP contribution >= 0.6 is 11.6 Å². The van der Waals surface area contributed by atoms with E-state index in [1.54, 1.807) is 12.1 Å². The van der Waals surface area contributed by atoms with E-state index in [4.69, 9.17) is 11.6 Å². The minimum Gasteiger partial charge on any atom is -0.275 e. The summed E-state index contributed by atoms with van der Waals surface area (Å²) in [6.45, 7) is -0.0125. The molecule has 0 unspecified atom stereocenters. The topological polar surface area (TPSA) is 75.7 Å². The lowest BCUT2D eigenvalue weighted by molar-refractivity contribution is -0.168. The number of hydrogen-bond acceptors (Lipinski definition) is 4. The van der Waals surface area contributed by atoms with Gasteiger partial charge in [0.15, 0.2) is 0 Å². The second kappa shape index (κ2) is 6.85. The molecule has 0 bridgehead atoms. The number of rotatable bonds is 6. The van der Waals surface area contributed by atoms with Crippen LogP contribution in [0.1, 0.15) is 6.42 Å². The first-order valence-corrected chi connectivity index (χ1v) is 7.29. The molecule has 0 aliphatic carbocycles. The first-order chi connectivity index (χ1) is 8.86. The van der Waals surface area contributed by atoms with Crippen LogP contribution in [0.2, 0.25) is 5.02 Å². The van der Waals surface area contributed by atoms with Gasteiger partial charge >= 0.3 is 0 Å². The number of halogens is 1. The fourth-order valence-corrected chi connectivity index (χ4v) is 2.60. The summed E-state index contributed by atoms with van der Waals surface area (Å²) < 4.78 is 26.1. The zero-order chi connectivity index (χ0) is 14.5. The zero-order valence-corrected chi connectivity index (χ0v) is 12.2. The van der Waals surface area contributed by atoms with Crippen LogP contribution in [-0.4, -0.2) is 40.1 Å². The first-order valence-electron chi connectivity index (χ1n) is 5.42. The third-order valence-corrected chi connectivity index (χ3v) is 4.06. The quantitative estimate of drug-likeness (QED) is 0.796. The molecule has 0 fully saturated rings. The average Bonchev–Trinajstić information content (AvgIpc) is 2.37. The molecule has 0 aromatic heterocycles. The highest BCUT2D eigenvalue weighted by atomic mass is 35.5. The van der Waals surface area contributed by atoms with Crippen LogP contribution in [0.25, 0.3) is 0 Å². The van der Waals surface area contributed by atoms with Gasteiger partial charge in [-0.05, 0) is 18.2 Å². The highest BCUT2D eigenvalue weighted by Crippen LogP contribution is 2.15. The lowest BCUT2D eigenvalue weighted by Gasteiger charge is -2.13. The van der Waals surface area contributed by atoms with Crippen molar-refractivity contribution in [3.63, 3.8) is 0 Å². The molecule has 6 nitrogen and oxygen atoms in total. The van der Waals surface area contributed by atoms with Crippen molar-refractivity contribution in [2.75, 3.05) is 20.7 Å². The third kappa shape index (κ3) is 4.79. The number of benzene rings is 1. The van der Waals surface area contributed by atoms with Crippen molar-refractivity contribution < 1.29 is 18.0 Å². The van der Waals surface area contributed by atoms with Crippen LogP contribution in [0.4, 0.5) is 0 Å². The predicted molar refractivity (Wildman–Crippen MR) is 71.0 cm³/mol. The van der Waals surface area contributed by atoms with Crippen molar-refractivity contribution in [2.24, 2.45) is 0 Å². The highest BCUT2D eigenvalue weighted by molar-refractivity contribution is 7.89. The second-order valence-electron chi connectivity index (χ2n) is 3.68. The van der Waals surface area contributed by atoms with E-state index >= 15 is 0 Å². The molecule has 0 heterocycles. The molecule has 8 heteroatoms. The molecule has 1 N–H and O–H groups in total. The first kappa shape index (κ1) is 15.9. The van der Waals surface area contributed by atoms with Gasteiger partial charge in [0.05, 0.1) is 12.0 Å². The van der Waals surface area contributed by atoms with Crippen molar-refractivity contribution in [2.45, 2.75) is 11.3 Å². The lowest BCUT2D eigenvalue weighted by atomic mass is 10.4. The number of nitrogens with zero attached hydrogens (tertiary/aromatic N) is 1. The van der Waals surface area contributed by atoms with Gasteiger partial charge in [-0.1, -0.05) is 17.7 Å². The van der Waals surface area contributed by atoms with Crippen LogP contribution in [0.15, 0.2) is 29.2 Å². The molecule has 106 valence electrons. The number of hydrogen-bond donors (Lipinski definition) is 1. The van der Waals surface area contributed by atoms with E-state index in [1.165, 1.54) is 26.3 Å². The zero-order valence-electron chi connectivity index (χ0n) is 10.6. The van der Waals surface area contributed by atoms with Crippen molar-refractivity contribution >= 4 is 27.5 Å². The molecular weight excluding hydrogens is 292 g/mol. The Hall–Kier alpha value is -1.15. The van der Waals surface area contributed by atoms with E-state index < -0.39 is 10.0 Å². The molecule has 1 rings (SSSR count). The molecule has 1 amide bonds. The van der Waals surface area contributed by atoms with E-state index in [2.05, 4.69) is 9.56 Å². The maximum Gasteiger partial charge on any atom is 0.247 e. The van der Waals surface area contributed by atoms with Gasteiger partial charge in [0.25, 0.3) is 0 Å². The Balaban J connectivity index is 2.60. The van der Waals surface area contributed by atoms with Crippen molar-refractivity contribution in [1.29, 1.82) is 0 Å². The smallest absolute Gasteiger partial charge is 0.247 e. The Bertz CT molecular complexity index is 547. The fourth-order valence-electron chi connectivity index (χ4n) is 1.27. The van der Waals surface area contributed by atoms with Crippen LogP contribution in [0.5, 0.6) is 0 Å². The normalized spacial score (nSPS) is 11.3. The monoisotopic (exact) mass is 306 g/mol. The lowest BCUT2D eigenvalue weighted by Crippen LogP contribution is -2.31. The van der Waals surface area contributed by atoms with Gasteiger partial charge < -0.3 is 0 Å². The minimum atomic E-state index is -3.66. The number of nitrogens with one attached hydrogen (secondary N) is 1. The largest absolute Gasteiger partial charge is 0.275 e. The average molecular weight is 307 g/mol. The van der Waals surface area contributed by atoms with Gasteiger partial charge in [-0.25, -0.2) is 18.2 Å². The van der Waals surface area contributed by atoms with E-state index in [0.717, 1.165) is 5.06 Å². The van der Waals surface area contributed by atoms with E-state index in [-0.39, 0.29) is 23.8 Å². The summed E-state index contributed by atoms with van der Waals surface area (Å²) >= 11 is 5.73. The van der Waals surface area contributed by atoms with Gasteiger partial charge in [0.2, 0.25) is 15.9 Å². The number of carbonyl (C=O) groups excluding carboxylic acids is 1. The summed E-state index contributed by atoms with van der Waals surface area (Å²) in [5.41, 5.74) is 0. The summed E-state index contributed by atoms with van der Waals surface area (Å²) in [5, 5.41) is 1.37. The minimum absolute atomic E-state index is 0.00410. The Labute approximate surface area is 117 Å². The molecule has 0 saturated heterocycles. The molecule has 0 saturated carbocycles. The van der Waals surface area contributed by atoms with Gasteiger partial charge in [-0.15, -0.1) is 0 Å². The molecule has 19 heavy (non-hydrogen) atoms. The van der Waals surface area contributed by atoms with E-state index in [0.29, 0.717) is 5.02 Å². The Morgan fingerprint density at radius 3 is 2.74 bits per heavy atom. The molecule has 0 radical (unpaired) electrons. The van der Waals surface area contributed by atoms with E-state index in [9.17, 15) is 13.2 Å². The number of amides is 1. The van der Waals surface area contributed by atoms with E-state index in [1.807, 2.05) is 0 Å². The molecule has 0 atom stereocenters. The van der Waals surface area contributed by atoms with Crippen molar-refractivity contribution in [1.82, 2.24) is 9.79 Å². The fraction of sp³-hybridized carbons (Fsp3) is 0.364. The SMILES string of the molecule is CON(C)C(=O)CCNS(=O)(=O)c1cccc(Cl)c1. The van der Waals surface area contributed by atoms with Crippen LogP contribution in [0.3, 0.4) is 0 Å². The maximum atomic E-state index is 11.9. The van der Waals surface area contributed by atoms with Crippen LogP contribution in [0, 0.1) is 0 Å². The molecular formula is C11H15ClN2O4S. The van der Waals surface area contributed by atoms with Gasteiger partial charge in [0, 0.05) is 25.0 Å². The summed E-state index contributed by atoms with van der Waals surface area (Å²) in [5.74, 6) is -0.323. The maximum absolute atomic E-state index is 11.9. The van der Waals surface area contributed by atoms with Gasteiger partial charge in [-0.3, -0.25) is 9.63 Å². The standard InChI is InChI=1S/C11H15ClN2O4S/c1-14(18-2)11(15)6-7-13-19(16,17)10-5-3-4-9(12)8-10/h3-5,8,13H,6-7H2,1-2H3. The van der Waals surface area contributed by atoms with Crippen LogP contribution in [-0.2, 0) is 19.7 Å². The summed E-state index contributed by atoms with van der Waals surface area (Å²) in [6.07, 6.45) is 0.00410. The third-order valence-electron chi connectivity index (χ3n) is 2.36. The molecule has 0 aliphatic rings. The summed E-state index contributed by atoms with van der Waals surface area (Å²) in [4.78, 5) is 16.1. The Kier molecular flexibility index (Phi) is 5.74. The van der Waals surface area contributed by atoms with Gasteiger partial charge in [0.1, 0.15) is 0 Å². The Morgan fingerprint density at radius 1 is 1.47 bits per heavy atom. The summed E-state index contributed by atoms with van der Waals surface area (Å²) in [7, 11) is -0.849. The number of carbonyl (C=O) groups is 1. The predicted octanol–water partition coefficient (Wildman–Crippen LogP) is 1.03. The number of sulfonamides is 1. The summed E-state index contributed by atoms with van der Waals surface area (Å²) in [6, 6.07) is 5.89. The highest BCUT2D eigenvalue weighted by Gasteiger charge is 2.15. The molecule has 1 aromatic carbocycles. The Morgan fingerprint density at radius 2 is 2.16 bits per heavy atom. The number of hydroxylamine groups is 2. The second-order valence-corrected chi connectivity index (χ2v) is 5.88.